The normalized spacial score (nSPS) is 15.4. The van der Waals surface area contributed by atoms with Gasteiger partial charge in [-0.05, 0) is 58.1 Å². The Hall–Kier alpha value is -1.84. The minimum atomic E-state index is 0.611. The van der Waals surface area contributed by atoms with Crippen molar-refractivity contribution >= 4 is 5.96 Å². The molecular formula is C18H28N4. The minimum Gasteiger partial charge on any atom is -0.357 e. The summed E-state index contributed by atoms with van der Waals surface area (Å²) in [6, 6.07) is 6.06. The smallest absolute Gasteiger partial charge is 0.191 e. The number of rotatable bonds is 6. The van der Waals surface area contributed by atoms with E-state index >= 15 is 0 Å². The average Bonchev–Trinajstić information content (AvgIpc) is 2.54. The first kappa shape index (κ1) is 16.5. The summed E-state index contributed by atoms with van der Waals surface area (Å²) in [6.45, 7) is 6.52. The third-order valence-corrected chi connectivity index (χ3v) is 3.81. The van der Waals surface area contributed by atoms with Crippen LogP contribution in [-0.2, 0) is 6.54 Å². The highest BCUT2D eigenvalue weighted by molar-refractivity contribution is 5.79. The van der Waals surface area contributed by atoms with Gasteiger partial charge in [-0.15, -0.1) is 0 Å². The van der Waals surface area contributed by atoms with Crippen LogP contribution in [0.4, 0.5) is 0 Å². The maximum Gasteiger partial charge on any atom is 0.191 e. The number of pyridine rings is 1. The number of allylic oxidation sites excluding steroid dienone is 1. The van der Waals surface area contributed by atoms with Gasteiger partial charge >= 0.3 is 0 Å². The topological polar surface area (TPSA) is 49.3 Å². The van der Waals surface area contributed by atoms with Gasteiger partial charge in [-0.3, -0.25) is 4.98 Å². The van der Waals surface area contributed by atoms with E-state index in [9.17, 15) is 0 Å². The zero-order valence-corrected chi connectivity index (χ0v) is 13.9. The van der Waals surface area contributed by atoms with Crippen LogP contribution in [0.1, 0.15) is 50.4 Å². The van der Waals surface area contributed by atoms with Crippen LogP contribution in [0.3, 0.4) is 0 Å². The molecule has 0 spiro atoms. The van der Waals surface area contributed by atoms with Gasteiger partial charge in [0.25, 0.3) is 0 Å². The number of nitrogens with zero attached hydrogens (tertiary/aromatic N) is 2. The fourth-order valence-electron chi connectivity index (χ4n) is 2.66. The molecule has 0 amide bonds. The van der Waals surface area contributed by atoms with Gasteiger partial charge in [0.05, 0.1) is 12.2 Å². The van der Waals surface area contributed by atoms with Crippen molar-refractivity contribution in [3.05, 3.63) is 41.2 Å². The Bertz CT molecular complexity index is 520. The summed E-state index contributed by atoms with van der Waals surface area (Å²) in [4.78, 5) is 9.11. The lowest BCUT2D eigenvalue weighted by Gasteiger charge is -2.15. The van der Waals surface area contributed by atoms with Crippen molar-refractivity contribution < 1.29 is 0 Å². The van der Waals surface area contributed by atoms with Crippen LogP contribution < -0.4 is 10.6 Å². The summed E-state index contributed by atoms with van der Waals surface area (Å²) >= 11 is 0. The predicted octanol–water partition coefficient (Wildman–Crippen LogP) is 3.34. The number of nitrogens with one attached hydrogen (secondary N) is 2. The van der Waals surface area contributed by atoms with Crippen molar-refractivity contribution in [2.75, 3.05) is 13.1 Å². The van der Waals surface area contributed by atoms with Crippen molar-refractivity contribution in [2.45, 2.75) is 52.5 Å². The molecule has 0 bridgehead atoms. The van der Waals surface area contributed by atoms with Crippen LogP contribution in [0.2, 0.25) is 0 Å². The van der Waals surface area contributed by atoms with Gasteiger partial charge in [-0.1, -0.05) is 17.7 Å². The van der Waals surface area contributed by atoms with E-state index in [0.717, 1.165) is 36.9 Å². The molecule has 0 atom stereocenters. The maximum atomic E-state index is 4.62. The molecule has 0 aromatic carbocycles. The lowest BCUT2D eigenvalue weighted by atomic mass is 9.97. The molecule has 1 aliphatic rings. The highest BCUT2D eigenvalue weighted by Gasteiger charge is 2.04. The first-order chi connectivity index (χ1) is 10.8. The van der Waals surface area contributed by atoms with Gasteiger partial charge in [-0.2, -0.15) is 0 Å². The lowest BCUT2D eigenvalue weighted by Crippen LogP contribution is -2.37. The van der Waals surface area contributed by atoms with Crippen molar-refractivity contribution in [3.8, 4) is 0 Å². The van der Waals surface area contributed by atoms with E-state index in [-0.39, 0.29) is 0 Å². The summed E-state index contributed by atoms with van der Waals surface area (Å²) in [5.74, 6) is 0.877. The van der Waals surface area contributed by atoms with E-state index in [1.165, 1.54) is 25.7 Å². The van der Waals surface area contributed by atoms with Crippen molar-refractivity contribution in [3.63, 3.8) is 0 Å². The molecule has 4 heteroatoms. The molecule has 0 aliphatic heterocycles. The molecule has 1 aromatic heterocycles. The number of aliphatic imine (C=N–C) groups is 1. The van der Waals surface area contributed by atoms with E-state index < -0.39 is 0 Å². The number of hydrogen-bond donors (Lipinski definition) is 2. The highest BCUT2D eigenvalue weighted by Crippen LogP contribution is 2.19. The van der Waals surface area contributed by atoms with E-state index in [2.05, 4.69) is 33.6 Å². The second-order valence-electron chi connectivity index (χ2n) is 5.75. The fourth-order valence-corrected chi connectivity index (χ4v) is 2.66. The van der Waals surface area contributed by atoms with Gasteiger partial charge in [0.15, 0.2) is 5.96 Å². The summed E-state index contributed by atoms with van der Waals surface area (Å²) in [7, 11) is 0. The molecule has 120 valence electrons. The quantitative estimate of drug-likeness (QED) is 0.481. The first-order valence-corrected chi connectivity index (χ1v) is 8.40. The molecule has 0 fully saturated rings. The van der Waals surface area contributed by atoms with E-state index in [4.69, 9.17) is 0 Å². The third-order valence-electron chi connectivity index (χ3n) is 3.81. The van der Waals surface area contributed by atoms with Crippen LogP contribution in [-0.4, -0.2) is 24.0 Å². The van der Waals surface area contributed by atoms with E-state index in [0.29, 0.717) is 6.54 Å². The van der Waals surface area contributed by atoms with Crippen LogP contribution >= 0.6 is 0 Å². The Kier molecular flexibility index (Phi) is 6.94. The summed E-state index contributed by atoms with van der Waals surface area (Å²) in [5, 5.41) is 6.72. The third kappa shape index (κ3) is 5.88. The monoisotopic (exact) mass is 300 g/mol. The Morgan fingerprint density at radius 2 is 2.18 bits per heavy atom. The Labute approximate surface area is 134 Å². The molecule has 1 aromatic rings. The number of aromatic nitrogens is 1. The molecular weight excluding hydrogens is 272 g/mol. The zero-order valence-electron chi connectivity index (χ0n) is 13.9. The van der Waals surface area contributed by atoms with Crippen molar-refractivity contribution in [1.29, 1.82) is 0 Å². The van der Waals surface area contributed by atoms with E-state index in [1.807, 2.05) is 25.1 Å². The van der Waals surface area contributed by atoms with Gasteiger partial charge in [-0.25, -0.2) is 4.99 Å². The van der Waals surface area contributed by atoms with Gasteiger partial charge in [0, 0.05) is 18.8 Å². The minimum absolute atomic E-state index is 0.611. The molecule has 0 saturated carbocycles. The number of aryl methyl sites for hydroxylation is 1. The Morgan fingerprint density at radius 1 is 1.27 bits per heavy atom. The SMILES string of the molecule is CCNC(=NCc1cccc(C)n1)NCCC1=CCCCC1. The van der Waals surface area contributed by atoms with Crippen LogP contribution in [0.5, 0.6) is 0 Å². The van der Waals surface area contributed by atoms with Crippen molar-refractivity contribution in [1.82, 2.24) is 15.6 Å². The molecule has 0 unspecified atom stereocenters. The standard InChI is InChI=1S/C18H28N4/c1-3-19-18(20-13-12-16-9-5-4-6-10-16)21-14-17-11-7-8-15(2)22-17/h7-9,11H,3-6,10,12-14H2,1-2H3,(H2,19,20,21). The molecule has 0 saturated heterocycles. The fraction of sp³-hybridized carbons (Fsp3) is 0.556. The van der Waals surface area contributed by atoms with Gasteiger partial charge in [0.1, 0.15) is 0 Å². The molecule has 0 radical (unpaired) electrons. The second kappa shape index (κ2) is 9.23. The summed E-state index contributed by atoms with van der Waals surface area (Å²) in [5.41, 5.74) is 3.64. The zero-order chi connectivity index (χ0) is 15.6. The van der Waals surface area contributed by atoms with Gasteiger partial charge in [0.2, 0.25) is 0 Å². The second-order valence-corrected chi connectivity index (χ2v) is 5.75. The van der Waals surface area contributed by atoms with Gasteiger partial charge < -0.3 is 10.6 Å². The Morgan fingerprint density at radius 3 is 2.91 bits per heavy atom. The maximum absolute atomic E-state index is 4.62. The average molecular weight is 300 g/mol. The van der Waals surface area contributed by atoms with Crippen molar-refractivity contribution in [2.24, 2.45) is 4.99 Å². The summed E-state index contributed by atoms with van der Waals surface area (Å²) in [6.07, 6.45) is 8.74. The largest absolute Gasteiger partial charge is 0.357 e. The number of guanidine groups is 1. The van der Waals surface area contributed by atoms with E-state index in [1.54, 1.807) is 5.57 Å². The van der Waals surface area contributed by atoms with Crippen LogP contribution in [0.25, 0.3) is 0 Å². The van der Waals surface area contributed by atoms with Crippen LogP contribution in [0, 0.1) is 6.92 Å². The molecule has 1 heterocycles. The molecule has 2 N–H and O–H groups in total. The summed E-state index contributed by atoms with van der Waals surface area (Å²) < 4.78 is 0. The predicted molar refractivity (Wildman–Crippen MR) is 93.0 cm³/mol. The molecule has 4 nitrogen and oxygen atoms in total. The lowest BCUT2D eigenvalue weighted by molar-refractivity contribution is 0.665. The first-order valence-electron chi connectivity index (χ1n) is 8.40. The molecule has 2 rings (SSSR count). The number of hydrogen-bond acceptors (Lipinski definition) is 2. The Balaban J connectivity index is 1.83. The van der Waals surface area contributed by atoms with Crippen LogP contribution in [0.15, 0.2) is 34.8 Å². The molecule has 1 aliphatic carbocycles. The molecule has 22 heavy (non-hydrogen) atoms. The highest BCUT2D eigenvalue weighted by atomic mass is 15.2.